The fourth-order valence-electron chi connectivity index (χ4n) is 3.62. The molecule has 4 aromatic rings. The Morgan fingerprint density at radius 3 is 2.56 bits per heavy atom. The second-order valence-corrected chi connectivity index (χ2v) is 9.90. The van der Waals surface area contributed by atoms with Gasteiger partial charge in [-0.15, -0.1) is 0 Å². The van der Waals surface area contributed by atoms with Crippen molar-refractivity contribution in [2.24, 2.45) is 0 Å². The van der Waals surface area contributed by atoms with E-state index in [4.69, 9.17) is 9.47 Å². The summed E-state index contributed by atoms with van der Waals surface area (Å²) in [6.45, 7) is 3.83. The molecule has 176 valence electrons. The van der Waals surface area contributed by atoms with Gasteiger partial charge in [0.1, 0.15) is 22.2 Å². The number of nitrogens with zero attached hydrogens (tertiary/aromatic N) is 2. The number of nitrogens with one attached hydrogen (secondary N) is 1. The lowest BCUT2D eigenvalue weighted by Gasteiger charge is -2.17. The monoisotopic (exact) mass is 543 g/mol. The van der Waals surface area contributed by atoms with Gasteiger partial charge in [0.25, 0.3) is 15.6 Å². The standard InChI is InChI=1S/C24H22BrN3O5S/c1-4-33-21-12-9-16(25)13-23(21)34(30,31)27-20-11-10-17(14-22(20)32-3)28-15(2)26-19-8-6-5-7-18(19)24(28)29/h5-14,27H,4H2,1-3H3. The summed E-state index contributed by atoms with van der Waals surface area (Å²) in [4.78, 5) is 17.6. The Labute approximate surface area is 205 Å². The first kappa shape index (κ1) is 23.8. The van der Waals surface area contributed by atoms with Crippen molar-refractivity contribution in [3.8, 4) is 17.2 Å². The molecule has 10 heteroatoms. The molecule has 0 radical (unpaired) electrons. The Hall–Kier alpha value is -3.37. The molecule has 0 spiro atoms. The number of ether oxygens (including phenoxy) is 2. The molecule has 0 saturated heterocycles. The van der Waals surface area contributed by atoms with E-state index < -0.39 is 10.0 Å². The molecule has 0 bridgehead atoms. The fraction of sp³-hybridized carbons (Fsp3) is 0.167. The molecule has 0 aliphatic rings. The highest BCUT2D eigenvalue weighted by Crippen LogP contribution is 2.33. The van der Waals surface area contributed by atoms with Gasteiger partial charge in [0, 0.05) is 10.5 Å². The van der Waals surface area contributed by atoms with Crippen molar-refractivity contribution < 1.29 is 17.9 Å². The fourth-order valence-corrected chi connectivity index (χ4v) is 5.37. The predicted octanol–water partition coefficient (Wildman–Crippen LogP) is 4.66. The number of aromatic nitrogens is 2. The van der Waals surface area contributed by atoms with Gasteiger partial charge in [0.15, 0.2) is 0 Å². The summed E-state index contributed by atoms with van der Waals surface area (Å²) >= 11 is 3.31. The Morgan fingerprint density at radius 2 is 1.82 bits per heavy atom. The van der Waals surface area contributed by atoms with Gasteiger partial charge in [0.05, 0.1) is 36.0 Å². The van der Waals surface area contributed by atoms with Crippen LogP contribution >= 0.6 is 15.9 Å². The van der Waals surface area contributed by atoms with Gasteiger partial charge in [-0.2, -0.15) is 0 Å². The summed E-state index contributed by atoms with van der Waals surface area (Å²) in [5.41, 5.74) is 1.09. The summed E-state index contributed by atoms with van der Waals surface area (Å²) in [5, 5.41) is 0.481. The smallest absolute Gasteiger partial charge is 0.265 e. The largest absolute Gasteiger partial charge is 0.494 e. The molecule has 34 heavy (non-hydrogen) atoms. The Bertz CT molecular complexity index is 1550. The van der Waals surface area contributed by atoms with Gasteiger partial charge in [-0.1, -0.05) is 28.1 Å². The maximum Gasteiger partial charge on any atom is 0.265 e. The number of rotatable bonds is 7. The van der Waals surface area contributed by atoms with Gasteiger partial charge < -0.3 is 9.47 Å². The average molecular weight is 544 g/mol. The van der Waals surface area contributed by atoms with Crippen LogP contribution in [0, 0.1) is 6.92 Å². The summed E-state index contributed by atoms with van der Waals surface area (Å²) in [5.74, 6) is 0.973. The molecule has 0 atom stereocenters. The van der Waals surface area contributed by atoms with E-state index in [1.54, 1.807) is 62.4 Å². The minimum atomic E-state index is -4.01. The number of fused-ring (bicyclic) bond motifs is 1. The minimum absolute atomic E-state index is 0.0133. The van der Waals surface area contributed by atoms with Crippen LogP contribution in [0.3, 0.4) is 0 Å². The molecule has 0 fully saturated rings. The van der Waals surface area contributed by atoms with Crippen LogP contribution in [0.5, 0.6) is 11.5 Å². The molecule has 0 aliphatic heterocycles. The van der Waals surface area contributed by atoms with E-state index in [1.165, 1.54) is 17.7 Å². The predicted molar refractivity (Wildman–Crippen MR) is 135 cm³/mol. The van der Waals surface area contributed by atoms with E-state index in [2.05, 4.69) is 25.6 Å². The number of anilines is 1. The number of hydrogen-bond acceptors (Lipinski definition) is 6. The summed E-state index contributed by atoms with van der Waals surface area (Å²) in [6, 6.07) is 16.6. The molecule has 3 aromatic carbocycles. The lowest BCUT2D eigenvalue weighted by atomic mass is 10.2. The highest BCUT2D eigenvalue weighted by atomic mass is 79.9. The number of methoxy groups -OCH3 is 1. The lowest BCUT2D eigenvalue weighted by molar-refractivity contribution is 0.331. The number of aryl methyl sites for hydroxylation is 1. The van der Waals surface area contributed by atoms with E-state index in [0.29, 0.717) is 33.5 Å². The minimum Gasteiger partial charge on any atom is -0.494 e. The van der Waals surface area contributed by atoms with E-state index in [-0.39, 0.29) is 27.6 Å². The van der Waals surface area contributed by atoms with Crippen molar-refractivity contribution in [3.63, 3.8) is 0 Å². The Kier molecular flexibility index (Phi) is 6.63. The van der Waals surface area contributed by atoms with Gasteiger partial charge in [-0.25, -0.2) is 13.4 Å². The maximum atomic E-state index is 13.2. The van der Waals surface area contributed by atoms with Crippen LogP contribution in [-0.2, 0) is 10.0 Å². The van der Waals surface area contributed by atoms with Crippen LogP contribution in [0.1, 0.15) is 12.7 Å². The van der Waals surface area contributed by atoms with Crippen molar-refractivity contribution in [1.82, 2.24) is 9.55 Å². The van der Waals surface area contributed by atoms with E-state index in [9.17, 15) is 13.2 Å². The SMILES string of the molecule is CCOc1ccc(Br)cc1S(=O)(=O)Nc1ccc(-n2c(C)nc3ccccc3c2=O)cc1OC. The number of sulfonamides is 1. The highest BCUT2D eigenvalue weighted by molar-refractivity contribution is 9.10. The lowest BCUT2D eigenvalue weighted by Crippen LogP contribution is -2.22. The molecule has 0 saturated carbocycles. The molecular weight excluding hydrogens is 522 g/mol. The van der Waals surface area contributed by atoms with Crippen molar-refractivity contribution in [3.05, 3.63) is 81.3 Å². The number of para-hydroxylation sites is 1. The van der Waals surface area contributed by atoms with Crippen LogP contribution in [0.4, 0.5) is 5.69 Å². The molecule has 0 unspecified atom stereocenters. The summed E-state index contributed by atoms with van der Waals surface area (Å²) < 4.78 is 42.0. The van der Waals surface area contributed by atoms with Gasteiger partial charge in [0.2, 0.25) is 0 Å². The summed E-state index contributed by atoms with van der Waals surface area (Å²) in [7, 11) is -2.58. The molecule has 1 N–H and O–H groups in total. The van der Waals surface area contributed by atoms with Gasteiger partial charge in [-0.05, 0) is 56.3 Å². The third kappa shape index (κ3) is 4.51. The molecular formula is C24H22BrN3O5S. The zero-order valence-electron chi connectivity index (χ0n) is 18.7. The van der Waals surface area contributed by atoms with Crippen LogP contribution in [0.2, 0.25) is 0 Å². The maximum absolute atomic E-state index is 13.2. The first-order valence-corrected chi connectivity index (χ1v) is 12.6. The zero-order chi connectivity index (χ0) is 24.5. The van der Waals surface area contributed by atoms with Crippen molar-refractivity contribution in [2.75, 3.05) is 18.4 Å². The first-order valence-electron chi connectivity index (χ1n) is 10.4. The van der Waals surface area contributed by atoms with Crippen LogP contribution in [-0.4, -0.2) is 31.7 Å². The normalized spacial score (nSPS) is 11.4. The molecule has 0 amide bonds. The molecule has 1 heterocycles. The van der Waals surface area contributed by atoms with Gasteiger partial charge in [-0.3, -0.25) is 14.1 Å². The quantitative estimate of drug-likeness (QED) is 0.363. The van der Waals surface area contributed by atoms with E-state index in [0.717, 1.165) is 0 Å². The van der Waals surface area contributed by atoms with E-state index in [1.807, 2.05) is 6.07 Å². The van der Waals surface area contributed by atoms with Crippen molar-refractivity contribution in [1.29, 1.82) is 0 Å². The zero-order valence-corrected chi connectivity index (χ0v) is 21.1. The first-order chi connectivity index (χ1) is 16.2. The van der Waals surface area contributed by atoms with E-state index >= 15 is 0 Å². The van der Waals surface area contributed by atoms with Crippen LogP contribution in [0.15, 0.2) is 74.8 Å². The number of hydrogen-bond donors (Lipinski definition) is 1. The van der Waals surface area contributed by atoms with Crippen molar-refractivity contribution in [2.45, 2.75) is 18.7 Å². The van der Waals surface area contributed by atoms with Crippen LogP contribution in [0.25, 0.3) is 16.6 Å². The van der Waals surface area contributed by atoms with Gasteiger partial charge >= 0.3 is 0 Å². The second kappa shape index (κ2) is 9.47. The molecule has 8 nitrogen and oxygen atoms in total. The number of benzene rings is 3. The van der Waals surface area contributed by atoms with Crippen LogP contribution < -0.4 is 19.8 Å². The third-order valence-corrected chi connectivity index (χ3v) is 7.01. The molecule has 4 rings (SSSR count). The number of halogens is 1. The topological polar surface area (TPSA) is 99.5 Å². The summed E-state index contributed by atoms with van der Waals surface area (Å²) in [6.07, 6.45) is 0. The highest BCUT2D eigenvalue weighted by Gasteiger charge is 2.22. The third-order valence-electron chi connectivity index (χ3n) is 5.13. The Morgan fingerprint density at radius 1 is 1.06 bits per heavy atom. The molecule has 0 aliphatic carbocycles. The second-order valence-electron chi connectivity index (χ2n) is 7.33. The molecule has 1 aromatic heterocycles. The Balaban J connectivity index is 1.77. The average Bonchev–Trinajstić information content (AvgIpc) is 2.81. The van der Waals surface area contributed by atoms with Crippen molar-refractivity contribution >= 4 is 42.5 Å².